The van der Waals surface area contributed by atoms with Crippen molar-refractivity contribution < 1.29 is 28.3 Å². The van der Waals surface area contributed by atoms with Crippen LogP contribution in [-0.4, -0.2) is 21.9 Å². The largest absolute Gasteiger partial charge is 2.00 e. The van der Waals surface area contributed by atoms with Gasteiger partial charge in [0, 0.05) is 6.12 Å². The van der Waals surface area contributed by atoms with Crippen LogP contribution in [-0.2, 0) is 27.6 Å². The van der Waals surface area contributed by atoms with Crippen molar-refractivity contribution in [1.29, 1.82) is 0 Å². The fourth-order valence-corrected chi connectivity index (χ4v) is 2.22. The third kappa shape index (κ3) is 7.53. The molecule has 0 saturated carbocycles. The first kappa shape index (κ1) is 18.0. The molecule has 0 aliphatic heterocycles. The number of carboxylic acid groups (broad SMARTS) is 1. The van der Waals surface area contributed by atoms with E-state index in [4.69, 9.17) is 12.2 Å². The van der Waals surface area contributed by atoms with Gasteiger partial charge >= 0.3 is 23.0 Å². The van der Waals surface area contributed by atoms with Gasteiger partial charge in [-0.25, -0.2) is 24.3 Å². The van der Waals surface area contributed by atoms with Gasteiger partial charge in [-0.1, -0.05) is 0 Å². The molecule has 0 amide bonds. The third-order valence-electron chi connectivity index (χ3n) is 2.76. The van der Waals surface area contributed by atoms with E-state index in [-0.39, 0.29) is 17.1 Å². The minimum Gasteiger partial charge on any atom is -0.480 e. The van der Waals surface area contributed by atoms with Crippen molar-refractivity contribution >= 4 is 17.7 Å². The van der Waals surface area contributed by atoms with Gasteiger partial charge in [-0.3, -0.25) is 4.79 Å². The summed E-state index contributed by atoms with van der Waals surface area (Å²) in [6, 6.07) is 16.5. The Labute approximate surface area is 142 Å². The molecule has 2 rings (SSSR count). The van der Waals surface area contributed by atoms with E-state index in [2.05, 4.69) is 0 Å². The van der Waals surface area contributed by atoms with Crippen LogP contribution in [0, 0.1) is 0 Å². The maximum absolute atomic E-state index is 10.8. The van der Waals surface area contributed by atoms with Crippen LogP contribution in [0.4, 0.5) is 0 Å². The van der Waals surface area contributed by atoms with Gasteiger partial charge in [0.25, 0.3) is 0 Å². The molecule has 3 nitrogen and oxygen atoms in total. The molecule has 2 aromatic carbocycles. The Kier molecular flexibility index (Phi) is 8.47. The van der Waals surface area contributed by atoms with Crippen LogP contribution in [0.25, 0.3) is 0 Å². The molecule has 0 heterocycles. The van der Waals surface area contributed by atoms with Crippen LogP contribution in [0.15, 0.2) is 54.6 Å². The van der Waals surface area contributed by atoms with E-state index in [1.165, 1.54) is 11.8 Å². The number of aliphatic carboxylic acids is 1. The van der Waals surface area contributed by atoms with Crippen molar-refractivity contribution in [2.45, 2.75) is 30.4 Å². The van der Waals surface area contributed by atoms with Crippen LogP contribution in [0.2, 0.25) is 0 Å². The number of carbonyl (C=O) groups is 1. The van der Waals surface area contributed by atoms with Crippen LogP contribution >= 0.6 is 11.8 Å². The fraction of sp³-hybridized carbons (Fsp3) is 0.312. The van der Waals surface area contributed by atoms with E-state index < -0.39 is 22.5 Å². The van der Waals surface area contributed by atoms with Gasteiger partial charge in [-0.2, -0.15) is 42.1 Å². The zero-order valence-corrected chi connectivity index (χ0v) is 14.0. The first-order valence-corrected chi connectivity index (χ1v) is 7.19. The number of nitrogens with two attached hydrogens (primary N) is 1. The van der Waals surface area contributed by atoms with Crippen molar-refractivity contribution in [2.75, 3.05) is 0 Å². The van der Waals surface area contributed by atoms with Crippen molar-refractivity contribution in [3.05, 3.63) is 60.2 Å². The molecular weight excluding hydrogens is 326 g/mol. The second kappa shape index (κ2) is 9.85. The molecule has 21 heavy (non-hydrogen) atoms. The van der Waals surface area contributed by atoms with Crippen molar-refractivity contribution in [3.63, 3.8) is 0 Å². The summed E-state index contributed by atoms with van der Waals surface area (Å²) in [5.41, 5.74) is 5.96. The molecule has 5 heteroatoms. The Balaban J connectivity index is 0.000000622. The van der Waals surface area contributed by atoms with E-state index in [0.717, 1.165) is 5.56 Å². The minimum atomic E-state index is -1.03. The van der Waals surface area contributed by atoms with Gasteiger partial charge in [0.15, 0.2) is 0 Å². The molecule has 2 aromatic rings. The molecule has 0 aromatic heterocycles. The average molecular weight is 348 g/mol. The summed E-state index contributed by atoms with van der Waals surface area (Å²) in [5, 5.41) is 8.86. The predicted octanol–water partition coefficient (Wildman–Crippen LogP) is 3.23. The SMILES string of the molecule is [2H]C(SC(C)(C)[C@H](N)C(=O)O)[c-]1cccc1.[Fe+2].c1cc[cH-]c1. The van der Waals surface area contributed by atoms with Gasteiger partial charge in [-0.15, -0.1) is 5.56 Å². The first-order valence-electron chi connectivity index (χ1n) is 6.89. The smallest absolute Gasteiger partial charge is 0.480 e. The summed E-state index contributed by atoms with van der Waals surface area (Å²) in [6.45, 7) is 3.50. The summed E-state index contributed by atoms with van der Waals surface area (Å²) in [6.07, 6.45) is 0. The summed E-state index contributed by atoms with van der Waals surface area (Å²) in [5.74, 6) is -1.03. The second-order valence-electron chi connectivity index (χ2n) is 4.84. The molecule has 0 saturated heterocycles. The number of hydrogen-bond acceptors (Lipinski definition) is 3. The normalized spacial score (nSPS) is 14.0. The fourth-order valence-electron chi connectivity index (χ4n) is 1.38. The van der Waals surface area contributed by atoms with Crippen molar-refractivity contribution in [2.24, 2.45) is 5.73 Å². The molecule has 0 radical (unpaired) electrons. The summed E-state index contributed by atoms with van der Waals surface area (Å²) in [7, 11) is 0. The first-order chi connectivity index (χ1) is 9.84. The van der Waals surface area contributed by atoms with E-state index in [9.17, 15) is 4.79 Å². The van der Waals surface area contributed by atoms with Crippen molar-refractivity contribution in [1.82, 2.24) is 0 Å². The Bertz CT molecular complexity index is 497. The van der Waals surface area contributed by atoms with Gasteiger partial charge in [0.2, 0.25) is 0 Å². The predicted molar refractivity (Wildman–Crippen MR) is 85.1 cm³/mol. The van der Waals surface area contributed by atoms with Gasteiger partial charge in [-0.05, 0) is 19.6 Å². The molecule has 116 valence electrons. The standard InChI is InChI=1S/C11H16NO2S.C5H5.Fe/c1-11(2,9(12)10(13)14)15-7-8-5-3-4-6-8;1-2-4-5-3-1;/h3-6,9H,7,12H2,1-2H3,(H,13,14);1-5H;/q2*-1;+2/t9-;;/m1../s1/i7D;;/t7?,9-;;. The monoisotopic (exact) mass is 348 g/mol. The summed E-state index contributed by atoms with van der Waals surface area (Å²) in [4.78, 5) is 10.8. The molecule has 0 aliphatic carbocycles. The summed E-state index contributed by atoms with van der Waals surface area (Å²) >= 11 is 1.26. The maximum Gasteiger partial charge on any atom is 2.00 e. The van der Waals surface area contributed by atoms with Crippen LogP contribution < -0.4 is 5.73 Å². The van der Waals surface area contributed by atoms with Crippen LogP contribution in [0.5, 0.6) is 0 Å². The average Bonchev–Trinajstić information content (AvgIpc) is 3.12. The molecule has 3 N–H and O–H groups in total. The Morgan fingerprint density at radius 2 is 1.90 bits per heavy atom. The number of hydrogen-bond donors (Lipinski definition) is 2. The number of carboxylic acids is 1. The van der Waals surface area contributed by atoms with E-state index in [1.54, 1.807) is 13.8 Å². The Hall–Kier alpha value is -1.00. The molecule has 2 atom stereocenters. The Morgan fingerprint density at radius 3 is 2.29 bits per heavy atom. The van der Waals surface area contributed by atoms with E-state index in [1.807, 2.05) is 54.6 Å². The van der Waals surface area contributed by atoms with Gasteiger partial charge in [0.05, 0.1) is 0 Å². The molecule has 0 aliphatic rings. The summed E-state index contributed by atoms with van der Waals surface area (Å²) < 4.78 is 7.26. The van der Waals surface area contributed by atoms with Gasteiger partial charge in [0.1, 0.15) is 6.04 Å². The molecule has 0 fully saturated rings. The van der Waals surface area contributed by atoms with Crippen LogP contribution in [0.1, 0.15) is 20.8 Å². The topological polar surface area (TPSA) is 63.3 Å². The van der Waals surface area contributed by atoms with Crippen LogP contribution in [0.3, 0.4) is 0 Å². The molecule has 0 bridgehead atoms. The third-order valence-corrected chi connectivity index (χ3v) is 4.01. The zero-order valence-electron chi connectivity index (χ0n) is 13.0. The van der Waals surface area contributed by atoms with E-state index >= 15 is 0 Å². The quantitative estimate of drug-likeness (QED) is 0.643. The molecular formula is C16H21FeNO2S. The molecule has 0 spiro atoms. The second-order valence-corrected chi connectivity index (χ2v) is 6.36. The van der Waals surface area contributed by atoms with E-state index in [0.29, 0.717) is 0 Å². The Morgan fingerprint density at radius 1 is 1.38 bits per heavy atom. The number of rotatable bonds is 5. The molecule has 1 unspecified atom stereocenters. The minimum absolute atomic E-state index is 0. The van der Waals surface area contributed by atoms with Crippen molar-refractivity contribution in [3.8, 4) is 0 Å². The van der Waals surface area contributed by atoms with Gasteiger partial charge < -0.3 is 10.8 Å². The number of thioether (sulfide) groups is 1. The maximum atomic E-state index is 10.8. The zero-order chi connectivity index (χ0) is 15.9.